The van der Waals surface area contributed by atoms with Crippen molar-refractivity contribution in [3.63, 3.8) is 0 Å². The van der Waals surface area contributed by atoms with Crippen LogP contribution < -0.4 is 0 Å². The molecule has 0 fully saturated rings. The summed E-state index contributed by atoms with van der Waals surface area (Å²) in [7, 11) is 1.58. The summed E-state index contributed by atoms with van der Waals surface area (Å²) in [6.45, 7) is 3.86. The zero-order chi connectivity index (χ0) is 13.9. The largest absolute Gasteiger partial charge is 0.465 e. The second kappa shape index (κ2) is 6.68. The minimum atomic E-state index is -0.402. The molecule has 100 valence electrons. The fourth-order valence-corrected chi connectivity index (χ4v) is 3.58. The Bertz CT molecular complexity index is 473. The van der Waals surface area contributed by atoms with Gasteiger partial charge in [0.25, 0.3) is 5.91 Å². The van der Waals surface area contributed by atoms with Gasteiger partial charge in [-0.2, -0.15) is 0 Å². The molecule has 18 heavy (non-hydrogen) atoms. The highest BCUT2D eigenvalue weighted by Crippen LogP contribution is 2.37. The highest BCUT2D eigenvalue weighted by Gasteiger charge is 2.22. The van der Waals surface area contributed by atoms with Crippen LogP contribution in [0, 0.1) is 6.92 Å². The van der Waals surface area contributed by atoms with Gasteiger partial charge in [0.05, 0.1) is 15.3 Å². The molecular formula is C11H13Br2NO3S. The zero-order valence-electron chi connectivity index (χ0n) is 10.3. The van der Waals surface area contributed by atoms with Gasteiger partial charge in [-0.1, -0.05) is 0 Å². The Hall–Kier alpha value is -0.400. The summed E-state index contributed by atoms with van der Waals surface area (Å²) in [4.78, 5) is 25.4. The first-order valence-corrected chi connectivity index (χ1v) is 7.64. The van der Waals surface area contributed by atoms with Crippen molar-refractivity contribution in [2.24, 2.45) is 0 Å². The maximum absolute atomic E-state index is 12.2. The van der Waals surface area contributed by atoms with Crippen molar-refractivity contribution in [2.45, 2.75) is 13.8 Å². The number of rotatable bonds is 4. The van der Waals surface area contributed by atoms with E-state index in [1.807, 2.05) is 6.92 Å². The minimum Gasteiger partial charge on any atom is -0.465 e. The summed E-state index contributed by atoms with van der Waals surface area (Å²) in [6, 6.07) is 0. The van der Waals surface area contributed by atoms with Crippen molar-refractivity contribution >= 4 is 55.1 Å². The van der Waals surface area contributed by atoms with E-state index in [1.165, 1.54) is 16.2 Å². The molecule has 1 aromatic heterocycles. The quantitative estimate of drug-likeness (QED) is 0.731. The number of likely N-dealkylation sites (N-methyl/N-ethyl adjacent to an activating group) is 1. The average Bonchev–Trinajstić information content (AvgIpc) is 2.56. The van der Waals surface area contributed by atoms with Gasteiger partial charge in [-0.3, -0.25) is 9.59 Å². The van der Waals surface area contributed by atoms with Crippen molar-refractivity contribution in [2.75, 3.05) is 20.2 Å². The van der Waals surface area contributed by atoms with Gasteiger partial charge in [0.1, 0.15) is 6.54 Å². The second-order valence-corrected chi connectivity index (χ2v) is 6.74. The summed E-state index contributed by atoms with van der Waals surface area (Å²) in [5, 5.41) is 0. The van der Waals surface area contributed by atoms with Crippen LogP contribution in [0.4, 0.5) is 0 Å². The molecule has 0 saturated heterocycles. The third kappa shape index (κ3) is 3.55. The van der Waals surface area contributed by atoms with Crippen LogP contribution in [0.15, 0.2) is 8.26 Å². The lowest BCUT2D eigenvalue weighted by molar-refractivity contribution is -0.143. The molecule has 1 rings (SSSR count). The van der Waals surface area contributed by atoms with Gasteiger partial charge in [-0.15, -0.1) is 11.3 Å². The van der Waals surface area contributed by atoms with Crippen molar-refractivity contribution in [1.29, 1.82) is 0 Å². The number of halogens is 2. The standard InChI is InChI=1S/C11H13Br2NO3S/c1-4-17-7(15)5-14(3)11(16)9-6(2)8(12)10(13)18-9/h4-5H2,1-3H3. The van der Waals surface area contributed by atoms with Crippen molar-refractivity contribution < 1.29 is 14.3 Å². The molecule has 0 saturated carbocycles. The third-order valence-electron chi connectivity index (χ3n) is 2.25. The van der Waals surface area contributed by atoms with Gasteiger partial charge in [0, 0.05) is 11.5 Å². The summed E-state index contributed by atoms with van der Waals surface area (Å²) in [5.41, 5.74) is 0.868. The van der Waals surface area contributed by atoms with E-state index in [9.17, 15) is 9.59 Å². The number of hydrogen-bond acceptors (Lipinski definition) is 4. The van der Waals surface area contributed by atoms with Crippen LogP contribution in [-0.4, -0.2) is 37.0 Å². The summed E-state index contributed by atoms with van der Waals surface area (Å²) in [5.74, 6) is -0.586. The summed E-state index contributed by atoms with van der Waals surface area (Å²) < 4.78 is 6.55. The minimum absolute atomic E-state index is 0.0424. The number of thiophene rings is 1. The molecule has 0 spiro atoms. The molecule has 7 heteroatoms. The van der Waals surface area contributed by atoms with Gasteiger partial charge in [0.2, 0.25) is 0 Å². The number of amides is 1. The average molecular weight is 399 g/mol. The number of carbonyl (C=O) groups excluding carboxylic acids is 2. The SMILES string of the molecule is CCOC(=O)CN(C)C(=O)c1sc(Br)c(Br)c1C. The third-order valence-corrected chi connectivity index (χ3v) is 5.98. The van der Waals surface area contributed by atoms with E-state index in [-0.39, 0.29) is 12.5 Å². The van der Waals surface area contributed by atoms with E-state index < -0.39 is 5.97 Å². The van der Waals surface area contributed by atoms with Crippen LogP contribution in [0.2, 0.25) is 0 Å². The Morgan fingerprint density at radius 2 is 2.00 bits per heavy atom. The van der Waals surface area contributed by atoms with Crippen LogP contribution >= 0.6 is 43.2 Å². The maximum atomic E-state index is 12.2. The Morgan fingerprint density at radius 1 is 1.39 bits per heavy atom. The first-order valence-electron chi connectivity index (χ1n) is 5.23. The second-order valence-electron chi connectivity index (χ2n) is 3.61. The summed E-state index contributed by atoms with van der Waals surface area (Å²) >= 11 is 8.11. The molecule has 0 atom stereocenters. The predicted octanol–water partition coefficient (Wildman–Crippen LogP) is 3.22. The monoisotopic (exact) mass is 397 g/mol. The lowest BCUT2D eigenvalue weighted by Crippen LogP contribution is -2.32. The number of ether oxygens (including phenoxy) is 1. The highest BCUT2D eigenvalue weighted by molar-refractivity contribution is 9.13. The zero-order valence-corrected chi connectivity index (χ0v) is 14.2. The molecule has 0 aliphatic heterocycles. The van der Waals surface area contributed by atoms with Crippen LogP contribution in [0.3, 0.4) is 0 Å². The summed E-state index contributed by atoms with van der Waals surface area (Å²) in [6.07, 6.45) is 0. The molecule has 4 nitrogen and oxygen atoms in total. The van der Waals surface area contributed by atoms with Gasteiger partial charge >= 0.3 is 5.97 Å². The van der Waals surface area contributed by atoms with Crippen LogP contribution in [0.25, 0.3) is 0 Å². The topological polar surface area (TPSA) is 46.6 Å². The fourth-order valence-electron chi connectivity index (χ4n) is 1.31. The van der Waals surface area contributed by atoms with Crippen LogP contribution in [-0.2, 0) is 9.53 Å². The molecular weight excluding hydrogens is 386 g/mol. The van der Waals surface area contributed by atoms with E-state index in [0.717, 1.165) is 13.8 Å². The van der Waals surface area contributed by atoms with Gasteiger partial charge in [-0.25, -0.2) is 0 Å². The van der Waals surface area contributed by atoms with E-state index in [4.69, 9.17) is 4.74 Å². The Morgan fingerprint density at radius 3 is 2.44 bits per heavy atom. The van der Waals surface area contributed by atoms with Crippen molar-refractivity contribution in [3.05, 3.63) is 18.7 Å². The van der Waals surface area contributed by atoms with E-state index >= 15 is 0 Å². The first-order chi connectivity index (χ1) is 8.38. The van der Waals surface area contributed by atoms with E-state index in [2.05, 4.69) is 31.9 Å². The van der Waals surface area contributed by atoms with E-state index in [1.54, 1.807) is 14.0 Å². The van der Waals surface area contributed by atoms with E-state index in [0.29, 0.717) is 11.5 Å². The Balaban J connectivity index is 2.80. The Kier molecular flexibility index (Phi) is 5.81. The molecule has 0 radical (unpaired) electrons. The number of nitrogens with zero attached hydrogens (tertiary/aromatic N) is 1. The maximum Gasteiger partial charge on any atom is 0.325 e. The lowest BCUT2D eigenvalue weighted by Gasteiger charge is -2.15. The normalized spacial score (nSPS) is 10.3. The number of carbonyl (C=O) groups is 2. The smallest absolute Gasteiger partial charge is 0.325 e. The molecule has 0 aliphatic rings. The first kappa shape index (κ1) is 15.7. The van der Waals surface area contributed by atoms with Gasteiger partial charge in [0.15, 0.2) is 0 Å². The van der Waals surface area contributed by atoms with Crippen LogP contribution in [0.1, 0.15) is 22.2 Å². The van der Waals surface area contributed by atoms with Crippen LogP contribution in [0.5, 0.6) is 0 Å². The van der Waals surface area contributed by atoms with Crippen molar-refractivity contribution in [1.82, 2.24) is 4.90 Å². The molecule has 0 N–H and O–H groups in total. The highest BCUT2D eigenvalue weighted by atomic mass is 79.9. The fraction of sp³-hybridized carbons (Fsp3) is 0.455. The molecule has 1 aromatic rings. The molecule has 0 bridgehead atoms. The molecule has 0 aliphatic carbocycles. The molecule has 0 aromatic carbocycles. The molecule has 0 unspecified atom stereocenters. The van der Waals surface area contributed by atoms with Gasteiger partial charge < -0.3 is 9.64 Å². The predicted molar refractivity (Wildman–Crippen MR) is 78.0 cm³/mol. The lowest BCUT2D eigenvalue weighted by atomic mass is 10.2. The Labute approximate surface area is 127 Å². The molecule has 1 heterocycles. The van der Waals surface area contributed by atoms with Crippen molar-refractivity contribution in [3.8, 4) is 0 Å². The van der Waals surface area contributed by atoms with Gasteiger partial charge in [-0.05, 0) is 51.3 Å². The molecule has 1 amide bonds. The number of esters is 1. The number of hydrogen-bond donors (Lipinski definition) is 0.